The fourth-order valence-electron chi connectivity index (χ4n) is 2.43. The van der Waals surface area contributed by atoms with Crippen LogP contribution in [0.5, 0.6) is 0 Å². The summed E-state index contributed by atoms with van der Waals surface area (Å²) >= 11 is 5.84. The zero-order valence-electron chi connectivity index (χ0n) is 10.6. The molecule has 0 radical (unpaired) electrons. The molecule has 0 spiro atoms. The van der Waals surface area contributed by atoms with Crippen LogP contribution in [-0.2, 0) is 4.79 Å². The topological polar surface area (TPSA) is 64.3 Å². The van der Waals surface area contributed by atoms with Crippen molar-refractivity contribution in [3.8, 4) is 6.07 Å². The first-order valence-electron chi connectivity index (χ1n) is 5.96. The number of nitriles is 1. The van der Waals surface area contributed by atoms with Crippen molar-refractivity contribution in [3.63, 3.8) is 0 Å². The minimum Gasteiger partial charge on any atom is -0.481 e. The van der Waals surface area contributed by atoms with E-state index < -0.39 is 30.5 Å². The highest BCUT2D eigenvalue weighted by atomic mass is 35.5. The monoisotopic (exact) mass is 318 g/mol. The molecular weight excluding hydrogens is 309 g/mol. The summed E-state index contributed by atoms with van der Waals surface area (Å²) in [4.78, 5) is 12.4. The van der Waals surface area contributed by atoms with Crippen LogP contribution in [0.2, 0.25) is 5.02 Å². The van der Waals surface area contributed by atoms with E-state index in [1.807, 2.05) is 6.07 Å². The Hall–Kier alpha value is -1.94. The van der Waals surface area contributed by atoms with E-state index in [4.69, 9.17) is 22.0 Å². The molecule has 0 saturated carbocycles. The number of rotatable bonds is 2. The van der Waals surface area contributed by atoms with Crippen molar-refractivity contribution in [1.82, 2.24) is 0 Å². The molecule has 0 aromatic heterocycles. The second-order valence-corrected chi connectivity index (χ2v) is 5.21. The lowest BCUT2D eigenvalue weighted by atomic mass is 9.86. The van der Waals surface area contributed by atoms with Crippen LogP contribution in [0.3, 0.4) is 0 Å². The summed E-state index contributed by atoms with van der Waals surface area (Å²) in [5.41, 5.74) is -2.55. The third-order valence-corrected chi connectivity index (χ3v) is 3.98. The number of carboxylic acids is 1. The molecule has 1 unspecified atom stereocenters. The molecule has 112 valence electrons. The normalized spacial score (nSPS) is 22.1. The highest BCUT2D eigenvalue weighted by Gasteiger charge is 2.63. The maximum atomic E-state index is 13.1. The Kier molecular flexibility index (Phi) is 3.76. The smallest absolute Gasteiger partial charge is 0.406 e. The average Bonchev–Trinajstić information content (AvgIpc) is 2.84. The Morgan fingerprint density at radius 3 is 2.62 bits per heavy atom. The third-order valence-electron chi connectivity index (χ3n) is 3.67. The second kappa shape index (κ2) is 5.11. The van der Waals surface area contributed by atoms with Gasteiger partial charge in [0.25, 0.3) is 0 Å². The number of carboxylic acid groups (broad SMARTS) is 1. The highest BCUT2D eigenvalue weighted by Crippen LogP contribution is 2.47. The third kappa shape index (κ3) is 2.40. The van der Waals surface area contributed by atoms with Gasteiger partial charge in [-0.15, -0.1) is 0 Å². The molecule has 1 fully saturated rings. The van der Waals surface area contributed by atoms with Crippen LogP contribution in [0.4, 0.5) is 18.9 Å². The first-order valence-corrected chi connectivity index (χ1v) is 6.34. The summed E-state index contributed by atoms with van der Waals surface area (Å²) in [6, 6.07) is 6.25. The van der Waals surface area contributed by atoms with Crippen molar-refractivity contribution in [2.45, 2.75) is 12.6 Å². The Labute approximate surface area is 123 Å². The molecule has 0 amide bonds. The van der Waals surface area contributed by atoms with Gasteiger partial charge in [-0.25, -0.2) is 0 Å². The summed E-state index contributed by atoms with van der Waals surface area (Å²) < 4.78 is 39.4. The summed E-state index contributed by atoms with van der Waals surface area (Å²) in [7, 11) is 0. The van der Waals surface area contributed by atoms with E-state index in [2.05, 4.69) is 0 Å². The van der Waals surface area contributed by atoms with Gasteiger partial charge in [0.2, 0.25) is 0 Å². The predicted octanol–water partition coefficient (Wildman–Crippen LogP) is 3.06. The van der Waals surface area contributed by atoms with Gasteiger partial charge in [-0.1, -0.05) is 17.7 Å². The summed E-state index contributed by atoms with van der Waals surface area (Å²) in [5, 5.41) is 18.2. The van der Waals surface area contributed by atoms with Crippen LogP contribution >= 0.6 is 11.6 Å². The van der Waals surface area contributed by atoms with Gasteiger partial charge in [0, 0.05) is 13.1 Å². The Morgan fingerprint density at radius 2 is 2.14 bits per heavy atom. The number of benzene rings is 1. The molecule has 1 aliphatic rings. The van der Waals surface area contributed by atoms with Crippen molar-refractivity contribution >= 4 is 23.3 Å². The van der Waals surface area contributed by atoms with Crippen LogP contribution in [-0.4, -0.2) is 30.3 Å². The molecule has 0 aliphatic carbocycles. The van der Waals surface area contributed by atoms with E-state index in [1.54, 1.807) is 0 Å². The van der Waals surface area contributed by atoms with Gasteiger partial charge in [0.1, 0.15) is 6.07 Å². The lowest BCUT2D eigenvalue weighted by molar-refractivity contribution is -0.225. The maximum absolute atomic E-state index is 13.1. The first kappa shape index (κ1) is 15.4. The van der Waals surface area contributed by atoms with Gasteiger partial charge >= 0.3 is 12.1 Å². The Bertz CT molecular complexity index is 627. The van der Waals surface area contributed by atoms with Gasteiger partial charge < -0.3 is 10.0 Å². The van der Waals surface area contributed by atoms with E-state index in [1.165, 1.54) is 23.1 Å². The van der Waals surface area contributed by atoms with Gasteiger partial charge in [-0.3, -0.25) is 4.79 Å². The van der Waals surface area contributed by atoms with Crippen LogP contribution in [0, 0.1) is 16.7 Å². The standard InChI is InChI=1S/C13H10ClF3N2O2/c14-9-2-1-3-10(8(9)6-18)19-5-4-12(7-19,11(20)21)13(15,16)17/h1-3H,4-5,7H2,(H,20,21). The fourth-order valence-corrected chi connectivity index (χ4v) is 2.64. The van der Waals surface area contributed by atoms with E-state index in [0.717, 1.165) is 0 Å². The van der Waals surface area contributed by atoms with Crippen molar-refractivity contribution in [3.05, 3.63) is 28.8 Å². The lowest BCUT2D eigenvalue weighted by Crippen LogP contribution is -2.47. The molecule has 4 nitrogen and oxygen atoms in total. The average molecular weight is 319 g/mol. The largest absolute Gasteiger partial charge is 0.481 e. The Balaban J connectivity index is 2.42. The number of hydrogen-bond acceptors (Lipinski definition) is 3. The van der Waals surface area contributed by atoms with Crippen molar-refractivity contribution in [2.75, 3.05) is 18.0 Å². The molecule has 1 aromatic carbocycles. The van der Waals surface area contributed by atoms with Gasteiger partial charge in [-0.05, 0) is 18.6 Å². The summed E-state index contributed by atoms with van der Waals surface area (Å²) in [6.45, 7) is -0.846. The van der Waals surface area contributed by atoms with Crippen molar-refractivity contribution in [2.24, 2.45) is 5.41 Å². The van der Waals surface area contributed by atoms with Gasteiger partial charge in [0.05, 0.1) is 16.3 Å². The fraction of sp³-hybridized carbons (Fsp3) is 0.385. The van der Waals surface area contributed by atoms with E-state index >= 15 is 0 Å². The summed E-state index contributed by atoms with van der Waals surface area (Å²) in [6.07, 6.45) is -5.43. The van der Waals surface area contributed by atoms with Crippen LogP contribution in [0.15, 0.2) is 18.2 Å². The first-order chi connectivity index (χ1) is 9.73. The molecule has 0 bridgehead atoms. The zero-order chi connectivity index (χ0) is 15.8. The van der Waals surface area contributed by atoms with Crippen LogP contribution in [0.25, 0.3) is 0 Å². The second-order valence-electron chi connectivity index (χ2n) is 4.80. The van der Waals surface area contributed by atoms with Gasteiger partial charge in [-0.2, -0.15) is 18.4 Å². The SMILES string of the molecule is N#Cc1c(Cl)cccc1N1CCC(C(=O)O)(C(F)(F)F)C1. The lowest BCUT2D eigenvalue weighted by Gasteiger charge is -2.28. The number of anilines is 1. The quantitative estimate of drug-likeness (QED) is 0.910. The number of aliphatic carboxylic acids is 1. The van der Waals surface area contributed by atoms with E-state index in [-0.39, 0.29) is 22.8 Å². The van der Waals surface area contributed by atoms with Crippen molar-refractivity contribution in [1.29, 1.82) is 5.26 Å². The van der Waals surface area contributed by atoms with Crippen molar-refractivity contribution < 1.29 is 23.1 Å². The molecule has 1 saturated heterocycles. The molecule has 2 rings (SSSR count). The molecular formula is C13H10ClF3N2O2. The predicted molar refractivity (Wildman–Crippen MR) is 69.1 cm³/mol. The highest BCUT2D eigenvalue weighted by molar-refractivity contribution is 6.32. The maximum Gasteiger partial charge on any atom is 0.406 e. The van der Waals surface area contributed by atoms with Gasteiger partial charge in [0.15, 0.2) is 5.41 Å². The number of alkyl halides is 3. The number of hydrogen-bond donors (Lipinski definition) is 1. The number of nitrogens with zero attached hydrogens (tertiary/aromatic N) is 2. The Morgan fingerprint density at radius 1 is 1.48 bits per heavy atom. The molecule has 1 heterocycles. The molecule has 21 heavy (non-hydrogen) atoms. The van der Waals surface area contributed by atoms with E-state index in [9.17, 15) is 18.0 Å². The minimum atomic E-state index is -4.86. The number of carbonyl (C=O) groups is 1. The zero-order valence-corrected chi connectivity index (χ0v) is 11.4. The molecule has 1 aromatic rings. The number of halogens is 4. The van der Waals surface area contributed by atoms with E-state index in [0.29, 0.717) is 0 Å². The molecule has 8 heteroatoms. The minimum absolute atomic E-state index is 0.0440. The summed E-state index contributed by atoms with van der Waals surface area (Å²) in [5.74, 6) is -1.90. The van der Waals surface area contributed by atoms with Crippen LogP contribution < -0.4 is 4.90 Å². The molecule has 1 aliphatic heterocycles. The molecule has 1 N–H and O–H groups in total. The molecule has 1 atom stereocenters. The van der Waals surface area contributed by atoms with Crippen LogP contribution in [0.1, 0.15) is 12.0 Å².